The maximum atomic E-state index is 12.3. The number of nitrogens with zero attached hydrogens (tertiary/aromatic N) is 1. The van der Waals surface area contributed by atoms with Crippen LogP contribution in [-0.2, 0) is 11.3 Å². The molecule has 1 heterocycles. The third-order valence-electron chi connectivity index (χ3n) is 4.17. The minimum Gasteiger partial charge on any atom is -0.393 e. The predicted octanol–water partition coefficient (Wildman–Crippen LogP) is 2.72. The summed E-state index contributed by atoms with van der Waals surface area (Å²) in [6, 6.07) is 8.01. The number of aliphatic hydroxyl groups excluding tert-OH is 1. The first-order valence-corrected chi connectivity index (χ1v) is 9.24. The molecule has 0 aromatic heterocycles. The number of hydrogen-bond donors (Lipinski definition) is 2. The lowest BCUT2D eigenvalue weighted by molar-refractivity contribution is -0.115. The normalized spacial score (nSPS) is 18.1. The number of carbonyl (C=O) groups is 1. The Morgan fingerprint density at radius 1 is 1.41 bits per heavy atom. The first-order chi connectivity index (χ1) is 10.6. The van der Waals surface area contributed by atoms with Crippen molar-refractivity contribution in [1.29, 1.82) is 0 Å². The van der Waals surface area contributed by atoms with Crippen LogP contribution in [0, 0.1) is 0 Å². The van der Waals surface area contributed by atoms with E-state index >= 15 is 0 Å². The van der Waals surface area contributed by atoms with E-state index in [2.05, 4.69) is 16.3 Å². The standard InChI is InChI=1S/C17H26N2O2S/c1-3-16(22-2)17(21)18-15-7-5-4-6-13(15)12-19-10-8-14(20)9-11-19/h4-7,14,16,20H,3,8-12H2,1-2H3,(H,18,21). The number of benzene rings is 1. The summed E-state index contributed by atoms with van der Waals surface area (Å²) in [5, 5.41) is 12.7. The summed E-state index contributed by atoms with van der Waals surface area (Å²) in [5.74, 6) is 0.0801. The lowest BCUT2D eigenvalue weighted by Crippen LogP contribution is -2.35. The monoisotopic (exact) mass is 322 g/mol. The Morgan fingerprint density at radius 3 is 2.73 bits per heavy atom. The number of thioether (sulfide) groups is 1. The molecular weight excluding hydrogens is 296 g/mol. The van der Waals surface area contributed by atoms with Crippen molar-refractivity contribution in [3.63, 3.8) is 0 Å². The molecule has 1 aromatic rings. The van der Waals surface area contributed by atoms with Gasteiger partial charge in [0.1, 0.15) is 0 Å². The molecule has 5 heteroatoms. The van der Waals surface area contributed by atoms with Crippen molar-refractivity contribution < 1.29 is 9.90 Å². The van der Waals surface area contributed by atoms with E-state index < -0.39 is 0 Å². The maximum absolute atomic E-state index is 12.3. The van der Waals surface area contributed by atoms with E-state index in [0.29, 0.717) is 0 Å². The zero-order valence-electron chi connectivity index (χ0n) is 13.4. The van der Waals surface area contributed by atoms with Gasteiger partial charge in [0.05, 0.1) is 11.4 Å². The van der Waals surface area contributed by atoms with Crippen LogP contribution in [0.15, 0.2) is 24.3 Å². The Hall–Kier alpha value is -1.04. The molecule has 0 aliphatic carbocycles. The number of rotatable bonds is 6. The number of likely N-dealkylation sites (tertiary alicyclic amines) is 1. The molecule has 22 heavy (non-hydrogen) atoms. The van der Waals surface area contributed by atoms with Gasteiger partial charge in [-0.2, -0.15) is 11.8 Å². The number of piperidine rings is 1. The molecule has 0 bridgehead atoms. The van der Waals surface area contributed by atoms with Gasteiger partial charge in [-0.25, -0.2) is 0 Å². The van der Waals surface area contributed by atoms with Crippen molar-refractivity contribution in [3.05, 3.63) is 29.8 Å². The Bertz CT molecular complexity index is 483. The van der Waals surface area contributed by atoms with Gasteiger partial charge in [0.2, 0.25) is 5.91 Å². The third kappa shape index (κ3) is 4.73. The largest absolute Gasteiger partial charge is 0.393 e. The van der Waals surface area contributed by atoms with Gasteiger partial charge in [-0.3, -0.25) is 9.69 Å². The summed E-state index contributed by atoms with van der Waals surface area (Å²) in [7, 11) is 0. The SMILES string of the molecule is CCC(SC)C(=O)Nc1ccccc1CN1CCC(O)CC1. The number of aliphatic hydroxyl groups is 1. The van der Waals surface area contributed by atoms with E-state index in [1.807, 2.05) is 31.4 Å². The minimum atomic E-state index is -0.155. The van der Waals surface area contributed by atoms with Crippen molar-refractivity contribution in [2.24, 2.45) is 0 Å². The average Bonchev–Trinajstić information content (AvgIpc) is 2.52. The van der Waals surface area contributed by atoms with Crippen molar-refractivity contribution >= 4 is 23.4 Å². The number of para-hydroxylation sites is 1. The summed E-state index contributed by atoms with van der Waals surface area (Å²) in [6.07, 6.45) is 4.31. The minimum absolute atomic E-state index is 0.00168. The van der Waals surface area contributed by atoms with Crippen LogP contribution in [0.4, 0.5) is 5.69 Å². The summed E-state index contributed by atoms with van der Waals surface area (Å²) in [4.78, 5) is 14.6. The van der Waals surface area contributed by atoms with E-state index in [9.17, 15) is 9.90 Å². The summed E-state index contributed by atoms with van der Waals surface area (Å²) in [5.41, 5.74) is 2.05. The van der Waals surface area contributed by atoms with Crippen LogP contribution in [0.25, 0.3) is 0 Å². The molecule has 0 saturated carbocycles. The summed E-state index contributed by atoms with van der Waals surface area (Å²) >= 11 is 1.59. The lowest BCUT2D eigenvalue weighted by Gasteiger charge is -2.30. The van der Waals surface area contributed by atoms with Crippen LogP contribution in [0.1, 0.15) is 31.7 Å². The van der Waals surface area contributed by atoms with Crippen LogP contribution in [0.3, 0.4) is 0 Å². The number of carbonyl (C=O) groups excluding carboxylic acids is 1. The van der Waals surface area contributed by atoms with Crippen LogP contribution < -0.4 is 5.32 Å². The number of anilines is 1. The van der Waals surface area contributed by atoms with Crippen molar-refractivity contribution in [1.82, 2.24) is 4.90 Å². The Kier molecular flexibility index (Phi) is 6.73. The lowest BCUT2D eigenvalue weighted by atomic mass is 10.1. The van der Waals surface area contributed by atoms with Gasteiger partial charge in [-0.1, -0.05) is 25.1 Å². The van der Waals surface area contributed by atoms with E-state index in [1.165, 1.54) is 0 Å². The molecule has 0 radical (unpaired) electrons. The zero-order chi connectivity index (χ0) is 15.9. The fourth-order valence-electron chi connectivity index (χ4n) is 2.77. The molecular formula is C17H26N2O2S. The second-order valence-electron chi connectivity index (χ2n) is 5.79. The van der Waals surface area contributed by atoms with Gasteiger partial charge in [-0.15, -0.1) is 0 Å². The average molecular weight is 322 g/mol. The molecule has 2 rings (SSSR count). The highest BCUT2D eigenvalue weighted by Crippen LogP contribution is 2.21. The number of nitrogens with one attached hydrogen (secondary N) is 1. The van der Waals surface area contributed by atoms with Gasteiger partial charge in [0.15, 0.2) is 0 Å². The van der Waals surface area contributed by atoms with Crippen molar-refractivity contribution in [2.75, 3.05) is 24.7 Å². The second-order valence-corrected chi connectivity index (χ2v) is 6.83. The molecule has 1 atom stereocenters. The molecule has 1 unspecified atom stereocenters. The smallest absolute Gasteiger partial charge is 0.237 e. The molecule has 1 amide bonds. The quantitative estimate of drug-likeness (QED) is 0.845. The topological polar surface area (TPSA) is 52.6 Å². The van der Waals surface area contributed by atoms with Crippen LogP contribution in [-0.4, -0.2) is 46.6 Å². The highest BCUT2D eigenvalue weighted by molar-refractivity contribution is 7.99. The Labute approximate surface area is 137 Å². The van der Waals surface area contributed by atoms with Gasteiger partial charge in [0, 0.05) is 25.3 Å². The van der Waals surface area contributed by atoms with Gasteiger partial charge < -0.3 is 10.4 Å². The first-order valence-electron chi connectivity index (χ1n) is 7.96. The van der Waals surface area contributed by atoms with E-state index in [1.54, 1.807) is 11.8 Å². The van der Waals surface area contributed by atoms with Crippen LogP contribution >= 0.6 is 11.8 Å². The highest BCUT2D eigenvalue weighted by atomic mass is 32.2. The van der Waals surface area contributed by atoms with Crippen molar-refractivity contribution in [3.8, 4) is 0 Å². The molecule has 2 N–H and O–H groups in total. The number of amides is 1. The van der Waals surface area contributed by atoms with Crippen LogP contribution in [0.5, 0.6) is 0 Å². The molecule has 4 nitrogen and oxygen atoms in total. The zero-order valence-corrected chi connectivity index (χ0v) is 14.2. The summed E-state index contributed by atoms with van der Waals surface area (Å²) < 4.78 is 0. The number of hydrogen-bond acceptors (Lipinski definition) is 4. The fraction of sp³-hybridized carbons (Fsp3) is 0.588. The molecule has 1 aliphatic heterocycles. The Morgan fingerprint density at radius 2 is 2.09 bits per heavy atom. The predicted molar refractivity (Wildman–Crippen MR) is 93.2 cm³/mol. The second kappa shape index (κ2) is 8.56. The van der Waals surface area contributed by atoms with E-state index in [0.717, 1.165) is 50.1 Å². The Balaban J connectivity index is 2.02. The van der Waals surface area contributed by atoms with Gasteiger partial charge in [0.25, 0.3) is 0 Å². The molecule has 1 saturated heterocycles. The fourth-order valence-corrected chi connectivity index (χ4v) is 3.38. The molecule has 1 aliphatic rings. The first kappa shape index (κ1) is 17.3. The maximum Gasteiger partial charge on any atom is 0.237 e. The van der Waals surface area contributed by atoms with Crippen molar-refractivity contribution in [2.45, 2.75) is 44.1 Å². The van der Waals surface area contributed by atoms with E-state index in [4.69, 9.17) is 0 Å². The molecule has 0 spiro atoms. The van der Waals surface area contributed by atoms with Gasteiger partial charge >= 0.3 is 0 Å². The third-order valence-corrected chi connectivity index (χ3v) is 5.29. The molecule has 122 valence electrons. The van der Waals surface area contributed by atoms with Gasteiger partial charge in [-0.05, 0) is 37.1 Å². The van der Waals surface area contributed by atoms with E-state index in [-0.39, 0.29) is 17.3 Å². The molecule has 1 aromatic carbocycles. The molecule has 1 fully saturated rings. The summed E-state index contributed by atoms with van der Waals surface area (Å²) in [6.45, 7) is 4.67. The highest BCUT2D eigenvalue weighted by Gasteiger charge is 2.19. The van der Waals surface area contributed by atoms with Crippen LogP contribution in [0.2, 0.25) is 0 Å².